The van der Waals surface area contributed by atoms with Crippen molar-refractivity contribution in [3.8, 4) is 0 Å². The molecule has 0 saturated carbocycles. The summed E-state index contributed by atoms with van der Waals surface area (Å²) in [5, 5.41) is 8.15. The summed E-state index contributed by atoms with van der Waals surface area (Å²) in [5.41, 5.74) is 5.30. The van der Waals surface area contributed by atoms with Crippen LogP contribution in [0.25, 0.3) is 32.3 Å². The van der Waals surface area contributed by atoms with Gasteiger partial charge >= 0.3 is 0 Å². The Morgan fingerprint density at radius 3 is 1.29 bits per heavy atom. The topological polar surface area (TPSA) is 6.48 Å². The van der Waals surface area contributed by atoms with Crippen molar-refractivity contribution in [1.82, 2.24) is 0 Å². The SMILES string of the molecule is Cc1cc2ccc3c(N(C)C)c(C)cc4ccc(c1N(C)C)c2c43. The first-order valence-electron chi connectivity index (χ1n) is 8.46. The van der Waals surface area contributed by atoms with Gasteiger partial charge in [-0.15, -0.1) is 0 Å². The van der Waals surface area contributed by atoms with E-state index in [1.165, 1.54) is 54.8 Å². The molecule has 0 unspecified atom stereocenters. The molecule has 0 N–H and O–H groups in total. The predicted molar refractivity (Wildman–Crippen MR) is 108 cm³/mol. The number of hydrogen-bond acceptors (Lipinski definition) is 2. The average molecular weight is 316 g/mol. The van der Waals surface area contributed by atoms with Gasteiger partial charge in [0, 0.05) is 50.3 Å². The standard InChI is InChI=1S/C22H24N2/c1-13-11-15-7-10-18-20-16(12-14(2)22(18)24(5)6)8-9-17(19(15)20)21(13)23(3)4/h7-12H,1-6H3. The Balaban J connectivity index is 2.31. The van der Waals surface area contributed by atoms with Crippen LogP contribution in [0.1, 0.15) is 11.1 Å². The van der Waals surface area contributed by atoms with Gasteiger partial charge in [-0.3, -0.25) is 0 Å². The zero-order chi connectivity index (χ0) is 17.2. The van der Waals surface area contributed by atoms with Crippen LogP contribution in [0.5, 0.6) is 0 Å². The van der Waals surface area contributed by atoms with Crippen molar-refractivity contribution < 1.29 is 0 Å². The highest BCUT2D eigenvalue weighted by atomic mass is 15.1. The van der Waals surface area contributed by atoms with Crippen LogP contribution in [0.2, 0.25) is 0 Å². The minimum Gasteiger partial charge on any atom is -0.377 e. The molecular formula is C22H24N2. The van der Waals surface area contributed by atoms with Crippen molar-refractivity contribution in [2.75, 3.05) is 38.0 Å². The van der Waals surface area contributed by atoms with Crippen LogP contribution >= 0.6 is 0 Å². The smallest absolute Gasteiger partial charge is 0.0471 e. The first-order valence-corrected chi connectivity index (χ1v) is 8.46. The van der Waals surface area contributed by atoms with Gasteiger partial charge in [-0.05, 0) is 58.7 Å². The third-order valence-electron chi connectivity index (χ3n) is 5.12. The second-order valence-corrected chi connectivity index (χ2v) is 7.30. The monoisotopic (exact) mass is 316 g/mol. The van der Waals surface area contributed by atoms with Crippen molar-refractivity contribution in [1.29, 1.82) is 0 Å². The Labute approximate surface area is 143 Å². The highest BCUT2D eigenvalue weighted by Crippen LogP contribution is 2.43. The summed E-state index contributed by atoms with van der Waals surface area (Å²) in [6.45, 7) is 4.42. The molecule has 0 aliphatic rings. The maximum Gasteiger partial charge on any atom is 0.0471 e. The molecule has 0 amide bonds. The molecule has 0 aromatic heterocycles. The zero-order valence-electron chi connectivity index (χ0n) is 15.4. The van der Waals surface area contributed by atoms with Crippen LogP contribution in [0.4, 0.5) is 11.4 Å². The summed E-state index contributed by atoms with van der Waals surface area (Å²) >= 11 is 0. The van der Waals surface area contributed by atoms with Crippen molar-refractivity contribution in [2.24, 2.45) is 0 Å². The number of benzene rings is 4. The van der Waals surface area contributed by atoms with Gasteiger partial charge in [0.05, 0.1) is 0 Å². The Morgan fingerprint density at radius 1 is 0.583 bits per heavy atom. The second kappa shape index (κ2) is 5.01. The van der Waals surface area contributed by atoms with Crippen molar-refractivity contribution in [3.63, 3.8) is 0 Å². The lowest BCUT2D eigenvalue weighted by atomic mass is 9.89. The highest BCUT2D eigenvalue weighted by molar-refractivity contribution is 6.27. The quantitative estimate of drug-likeness (QED) is 0.461. The Hall–Kier alpha value is -2.48. The van der Waals surface area contributed by atoms with E-state index in [9.17, 15) is 0 Å². The third kappa shape index (κ3) is 1.89. The molecule has 0 aliphatic heterocycles. The van der Waals surface area contributed by atoms with Gasteiger partial charge in [0.1, 0.15) is 0 Å². The van der Waals surface area contributed by atoms with E-state index in [4.69, 9.17) is 0 Å². The lowest BCUT2D eigenvalue weighted by molar-refractivity contribution is 1.13. The zero-order valence-corrected chi connectivity index (χ0v) is 15.4. The molecule has 2 nitrogen and oxygen atoms in total. The summed E-state index contributed by atoms with van der Waals surface area (Å²) in [6, 6.07) is 13.8. The molecule has 0 aliphatic carbocycles. The van der Waals surface area contributed by atoms with Gasteiger partial charge in [0.25, 0.3) is 0 Å². The van der Waals surface area contributed by atoms with Crippen LogP contribution in [0.3, 0.4) is 0 Å². The number of hydrogen-bond donors (Lipinski definition) is 0. The predicted octanol–water partition coefficient (Wildman–Crippen LogP) is 5.33. The molecule has 2 heteroatoms. The average Bonchev–Trinajstić information content (AvgIpc) is 2.50. The minimum atomic E-state index is 1.32. The summed E-state index contributed by atoms with van der Waals surface area (Å²) in [4.78, 5) is 4.47. The van der Waals surface area contributed by atoms with Gasteiger partial charge in [-0.2, -0.15) is 0 Å². The van der Waals surface area contributed by atoms with Crippen LogP contribution in [-0.4, -0.2) is 28.2 Å². The van der Waals surface area contributed by atoms with E-state index >= 15 is 0 Å². The normalized spacial score (nSPS) is 11.8. The van der Waals surface area contributed by atoms with Gasteiger partial charge in [-0.1, -0.05) is 24.3 Å². The van der Waals surface area contributed by atoms with Crippen LogP contribution < -0.4 is 9.80 Å². The molecule has 4 aromatic carbocycles. The maximum atomic E-state index is 2.33. The Bertz CT molecular complexity index is 986. The van der Waals surface area contributed by atoms with Gasteiger partial charge in [-0.25, -0.2) is 0 Å². The number of anilines is 2. The summed E-state index contributed by atoms with van der Waals surface area (Å²) in [5.74, 6) is 0. The molecule has 0 spiro atoms. The Morgan fingerprint density at radius 2 is 0.958 bits per heavy atom. The molecule has 24 heavy (non-hydrogen) atoms. The van der Waals surface area contributed by atoms with E-state index in [0.29, 0.717) is 0 Å². The van der Waals surface area contributed by atoms with E-state index < -0.39 is 0 Å². The molecule has 0 heterocycles. The fourth-order valence-electron chi connectivity index (χ4n) is 4.40. The van der Waals surface area contributed by atoms with E-state index in [1.54, 1.807) is 0 Å². The van der Waals surface area contributed by atoms with Crippen molar-refractivity contribution in [3.05, 3.63) is 47.5 Å². The molecule has 0 radical (unpaired) electrons. The first kappa shape index (κ1) is 15.1. The Kier molecular flexibility index (Phi) is 3.14. The lowest BCUT2D eigenvalue weighted by Crippen LogP contribution is -2.12. The van der Waals surface area contributed by atoms with Crippen LogP contribution in [0, 0.1) is 13.8 Å². The van der Waals surface area contributed by atoms with E-state index in [-0.39, 0.29) is 0 Å². The maximum absolute atomic E-state index is 2.33. The van der Waals surface area contributed by atoms with Crippen LogP contribution in [0.15, 0.2) is 36.4 Å². The molecule has 0 atom stereocenters. The molecule has 0 bridgehead atoms. The molecule has 0 saturated heterocycles. The van der Waals surface area contributed by atoms with E-state index in [1.807, 2.05) is 0 Å². The summed E-state index contributed by atoms with van der Waals surface area (Å²) in [6.07, 6.45) is 0. The van der Waals surface area contributed by atoms with Crippen LogP contribution in [-0.2, 0) is 0 Å². The number of nitrogens with zero attached hydrogens (tertiary/aromatic N) is 2. The molecular weight excluding hydrogens is 292 g/mol. The molecule has 0 fully saturated rings. The summed E-state index contributed by atoms with van der Waals surface area (Å²) in [7, 11) is 8.53. The van der Waals surface area contributed by atoms with Gasteiger partial charge in [0.2, 0.25) is 0 Å². The summed E-state index contributed by atoms with van der Waals surface area (Å²) < 4.78 is 0. The van der Waals surface area contributed by atoms with Crippen molar-refractivity contribution >= 4 is 43.7 Å². The fraction of sp³-hybridized carbons (Fsp3) is 0.273. The fourth-order valence-corrected chi connectivity index (χ4v) is 4.40. The first-order chi connectivity index (χ1) is 11.4. The molecule has 4 aromatic rings. The minimum absolute atomic E-state index is 1.32. The molecule has 4 rings (SSSR count). The second-order valence-electron chi connectivity index (χ2n) is 7.30. The molecule has 122 valence electrons. The van der Waals surface area contributed by atoms with E-state index in [2.05, 4.69) is 88.2 Å². The number of rotatable bonds is 2. The largest absolute Gasteiger partial charge is 0.377 e. The van der Waals surface area contributed by atoms with Gasteiger partial charge in [0.15, 0.2) is 0 Å². The van der Waals surface area contributed by atoms with E-state index in [0.717, 1.165) is 0 Å². The third-order valence-corrected chi connectivity index (χ3v) is 5.12. The van der Waals surface area contributed by atoms with Gasteiger partial charge < -0.3 is 9.80 Å². The van der Waals surface area contributed by atoms with Crippen molar-refractivity contribution in [2.45, 2.75) is 13.8 Å². The number of aryl methyl sites for hydroxylation is 2. The highest BCUT2D eigenvalue weighted by Gasteiger charge is 2.17. The lowest BCUT2D eigenvalue weighted by Gasteiger charge is -2.24.